The number of benzene rings is 1. The summed E-state index contributed by atoms with van der Waals surface area (Å²) in [5, 5.41) is 0. The number of rotatable bonds is 6. The average molecular weight is 431 g/mol. The number of nitrogens with one attached hydrogen (secondary N) is 1. The number of ether oxygens (including phenoxy) is 1. The second-order valence-corrected chi connectivity index (χ2v) is 9.40. The predicted molar refractivity (Wildman–Crippen MR) is 105 cm³/mol. The lowest BCUT2D eigenvalue weighted by Gasteiger charge is -2.25. The maximum atomic E-state index is 13.9. The van der Waals surface area contributed by atoms with Crippen LogP contribution in [0.5, 0.6) is 0 Å². The van der Waals surface area contributed by atoms with Crippen LogP contribution in [0.3, 0.4) is 0 Å². The smallest absolute Gasteiger partial charge is 0.411 e. The minimum absolute atomic E-state index is 0.120. The van der Waals surface area contributed by atoms with Gasteiger partial charge in [0.15, 0.2) is 6.04 Å². The van der Waals surface area contributed by atoms with Crippen LogP contribution in [0.25, 0.3) is 11.1 Å². The van der Waals surface area contributed by atoms with E-state index in [-0.39, 0.29) is 23.3 Å². The molecule has 2 atom stereocenters. The van der Waals surface area contributed by atoms with Crippen LogP contribution in [0.4, 0.5) is 13.2 Å². The summed E-state index contributed by atoms with van der Waals surface area (Å²) in [6.45, 7) is 8.04. The molecule has 0 fully saturated rings. The van der Waals surface area contributed by atoms with Crippen molar-refractivity contribution in [3.63, 3.8) is 0 Å². The van der Waals surface area contributed by atoms with Gasteiger partial charge in [-0.3, -0.25) is 0 Å². The fraction of sp³-hybridized carbons (Fsp3) is 0.450. The first-order chi connectivity index (χ1) is 13.4. The van der Waals surface area contributed by atoms with Crippen molar-refractivity contribution in [2.45, 2.75) is 51.6 Å². The largest absolute Gasteiger partial charge is 0.466 e. The normalized spacial score (nSPS) is 14.5. The number of hydrogen-bond acceptors (Lipinski definition) is 4. The first-order valence-electron chi connectivity index (χ1n) is 8.97. The van der Waals surface area contributed by atoms with Crippen LogP contribution >= 0.6 is 0 Å². The molecule has 0 saturated carbocycles. The molecule has 0 bridgehead atoms. The van der Waals surface area contributed by atoms with Gasteiger partial charge in [-0.15, -0.1) is 0 Å². The third-order valence-electron chi connectivity index (χ3n) is 4.07. The van der Waals surface area contributed by atoms with E-state index in [1.54, 1.807) is 46.8 Å². The number of halogens is 3. The Morgan fingerprint density at radius 1 is 1.24 bits per heavy atom. The van der Waals surface area contributed by atoms with Crippen LogP contribution in [0.2, 0.25) is 0 Å². The second kappa shape index (κ2) is 8.71. The molecule has 0 saturated heterocycles. The van der Waals surface area contributed by atoms with Gasteiger partial charge in [-0.25, -0.2) is 13.7 Å². The molecule has 1 aromatic heterocycles. The lowest BCUT2D eigenvalue weighted by molar-refractivity contribution is -0.156. The fourth-order valence-corrected chi connectivity index (χ4v) is 3.47. The summed E-state index contributed by atoms with van der Waals surface area (Å²) in [6.07, 6.45) is -3.59. The number of aryl methyl sites for hydroxylation is 1. The van der Waals surface area contributed by atoms with E-state index in [1.807, 2.05) is 0 Å². The molecular weight excluding hydrogens is 407 g/mol. The molecule has 0 radical (unpaired) electrons. The SMILES string of the molecule is CCOC(=O)c1ccccc1-c1c(C)coc1C(NS(=O)C(C)(C)C)C(F)(F)F. The molecule has 1 N–H and O–H groups in total. The summed E-state index contributed by atoms with van der Waals surface area (Å²) in [7, 11) is -2.01. The van der Waals surface area contributed by atoms with Crippen molar-refractivity contribution in [2.75, 3.05) is 6.61 Å². The van der Waals surface area contributed by atoms with Gasteiger partial charge in [-0.1, -0.05) is 18.2 Å². The third kappa shape index (κ3) is 5.27. The highest BCUT2D eigenvalue weighted by atomic mass is 32.2. The van der Waals surface area contributed by atoms with Gasteiger partial charge in [0.05, 0.1) is 34.2 Å². The molecule has 5 nitrogen and oxygen atoms in total. The van der Waals surface area contributed by atoms with Crippen LogP contribution in [0.15, 0.2) is 34.9 Å². The monoisotopic (exact) mass is 431 g/mol. The van der Waals surface area contributed by atoms with Crippen molar-refractivity contribution in [2.24, 2.45) is 0 Å². The number of alkyl halides is 3. The Balaban J connectivity index is 2.63. The maximum absolute atomic E-state index is 13.9. The molecule has 0 amide bonds. The fourth-order valence-electron chi connectivity index (χ4n) is 2.66. The Hall–Kier alpha value is -2.13. The van der Waals surface area contributed by atoms with E-state index in [4.69, 9.17) is 9.15 Å². The Kier molecular flexibility index (Phi) is 6.95. The van der Waals surface area contributed by atoms with Crippen LogP contribution in [-0.4, -0.2) is 27.7 Å². The topological polar surface area (TPSA) is 68.5 Å². The lowest BCUT2D eigenvalue weighted by Crippen LogP contribution is -2.41. The number of furan rings is 1. The Morgan fingerprint density at radius 2 is 1.86 bits per heavy atom. The molecule has 0 spiro atoms. The third-order valence-corrected chi connectivity index (χ3v) is 5.63. The van der Waals surface area contributed by atoms with E-state index < -0.39 is 39.7 Å². The first kappa shape index (κ1) is 23.2. The minimum Gasteiger partial charge on any atom is -0.466 e. The van der Waals surface area contributed by atoms with Gasteiger partial charge in [0.25, 0.3) is 0 Å². The molecule has 0 aliphatic rings. The second-order valence-electron chi connectivity index (χ2n) is 7.40. The summed E-state index contributed by atoms with van der Waals surface area (Å²) in [4.78, 5) is 12.3. The van der Waals surface area contributed by atoms with Gasteiger partial charge in [0, 0.05) is 5.56 Å². The van der Waals surface area contributed by atoms with E-state index in [0.29, 0.717) is 5.56 Å². The maximum Gasteiger partial charge on any atom is 0.411 e. The molecule has 2 unspecified atom stereocenters. The summed E-state index contributed by atoms with van der Waals surface area (Å²) >= 11 is 0. The van der Waals surface area contributed by atoms with Crippen molar-refractivity contribution < 1.29 is 31.3 Å². The van der Waals surface area contributed by atoms with Crippen LogP contribution in [0.1, 0.15) is 55.4 Å². The zero-order valence-corrected chi connectivity index (χ0v) is 17.7. The molecule has 2 rings (SSSR count). The highest BCUT2D eigenvalue weighted by molar-refractivity contribution is 7.84. The van der Waals surface area contributed by atoms with Crippen molar-refractivity contribution >= 4 is 17.0 Å². The highest BCUT2D eigenvalue weighted by Crippen LogP contribution is 2.42. The Bertz CT molecular complexity index is 900. The van der Waals surface area contributed by atoms with E-state index >= 15 is 0 Å². The summed E-state index contributed by atoms with van der Waals surface area (Å²) in [6, 6.07) is 3.90. The van der Waals surface area contributed by atoms with Gasteiger partial charge in [0.1, 0.15) is 5.76 Å². The van der Waals surface area contributed by atoms with Crippen LogP contribution in [-0.2, 0) is 15.7 Å². The summed E-state index contributed by atoms with van der Waals surface area (Å²) < 4.78 is 65.6. The van der Waals surface area contributed by atoms with Gasteiger partial charge in [-0.2, -0.15) is 13.2 Å². The van der Waals surface area contributed by atoms with Crippen LogP contribution < -0.4 is 4.72 Å². The number of carbonyl (C=O) groups excluding carboxylic acids is 1. The molecule has 9 heteroatoms. The summed E-state index contributed by atoms with van der Waals surface area (Å²) in [5.41, 5.74) is 0.909. The Labute approximate surface area is 170 Å². The number of carbonyl (C=O) groups is 1. The van der Waals surface area contributed by atoms with Crippen molar-refractivity contribution in [3.8, 4) is 11.1 Å². The molecule has 1 aromatic carbocycles. The standard InChI is InChI=1S/C20H24F3NO4S/c1-6-27-18(25)14-10-8-7-9-13(14)15-12(2)11-28-16(15)17(20(21,22)23)24-29(26)19(3,4)5/h7-11,17,24H,6H2,1-5H3. The zero-order valence-electron chi connectivity index (χ0n) is 16.8. The first-order valence-corrected chi connectivity index (χ1v) is 10.1. The van der Waals surface area contributed by atoms with E-state index in [2.05, 4.69) is 4.72 Å². The van der Waals surface area contributed by atoms with Crippen LogP contribution in [0, 0.1) is 6.92 Å². The molecular formula is C20H24F3NO4S. The van der Waals surface area contributed by atoms with Gasteiger partial charge >= 0.3 is 12.1 Å². The van der Waals surface area contributed by atoms with Gasteiger partial charge < -0.3 is 9.15 Å². The van der Waals surface area contributed by atoms with Crippen molar-refractivity contribution in [1.82, 2.24) is 4.72 Å². The molecule has 1 heterocycles. The number of esters is 1. The predicted octanol–water partition coefficient (Wildman–Crippen LogP) is 5.09. The van der Waals surface area contributed by atoms with Gasteiger partial charge in [0.2, 0.25) is 0 Å². The molecule has 160 valence electrons. The van der Waals surface area contributed by atoms with Crippen molar-refractivity contribution in [3.05, 3.63) is 47.4 Å². The zero-order chi connectivity index (χ0) is 22.0. The van der Waals surface area contributed by atoms with Crippen molar-refractivity contribution in [1.29, 1.82) is 0 Å². The Morgan fingerprint density at radius 3 is 2.41 bits per heavy atom. The lowest BCUT2D eigenvalue weighted by atomic mass is 9.95. The highest BCUT2D eigenvalue weighted by Gasteiger charge is 2.46. The van der Waals surface area contributed by atoms with E-state index in [1.165, 1.54) is 18.4 Å². The molecule has 29 heavy (non-hydrogen) atoms. The summed E-state index contributed by atoms with van der Waals surface area (Å²) in [5.74, 6) is -1.10. The van der Waals surface area contributed by atoms with Gasteiger partial charge in [-0.05, 0) is 51.8 Å². The average Bonchev–Trinajstić information content (AvgIpc) is 2.98. The minimum atomic E-state index is -4.78. The quantitative estimate of drug-likeness (QED) is 0.647. The number of hydrogen-bond donors (Lipinski definition) is 1. The molecule has 0 aliphatic carbocycles. The molecule has 2 aromatic rings. The van der Waals surface area contributed by atoms with E-state index in [9.17, 15) is 22.2 Å². The molecule has 0 aliphatic heterocycles. The van der Waals surface area contributed by atoms with E-state index in [0.717, 1.165) is 0 Å².